The number of nitrogens with zero attached hydrogens (tertiary/aromatic N) is 5. The molecule has 9 heteroatoms. The first-order valence-electron chi connectivity index (χ1n) is 7.13. The monoisotopic (exact) mass is 322 g/mol. The van der Waals surface area contributed by atoms with Gasteiger partial charge in [0.25, 0.3) is 0 Å². The lowest BCUT2D eigenvalue weighted by Gasteiger charge is -2.41. The topological polar surface area (TPSA) is 58.3 Å². The second-order valence-corrected chi connectivity index (χ2v) is 5.42. The van der Waals surface area contributed by atoms with Gasteiger partial charge in [0.15, 0.2) is 5.65 Å². The highest BCUT2D eigenvalue weighted by Crippen LogP contribution is 2.33. The number of fused-ring (bicyclic) bond motifs is 3. The molecule has 1 atom stereocenters. The van der Waals surface area contributed by atoms with Crippen molar-refractivity contribution in [2.75, 3.05) is 18.5 Å². The van der Waals surface area contributed by atoms with Crippen molar-refractivity contribution in [1.29, 1.82) is 0 Å². The van der Waals surface area contributed by atoms with Gasteiger partial charge in [-0.3, -0.25) is 0 Å². The largest absolute Gasteiger partial charge is 0.416 e. The third kappa shape index (κ3) is 2.11. The Labute approximate surface area is 128 Å². The number of alkyl halides is 3. The second-order valence-electron chi connectivity index (χ2n) is 5.42. The van der Waals surface area contributed by atoms with E-state index in [9.17, 15) is 13.2 Å². The fraction of sp³-hybridized carbons (Fsp3) is 0.357. The van der Waals surface area contributed by atoms with Gasteiger partial charge < -0.3 is 10.2 Å². The fourth-order valence-electron chi connectivity index (χ4n) is 2.83. The minimum Gasteiger partial charge on any atom is -0.325 e. The zero-order chi connectivity index (χ0) is 16.2. The minimum absolute atomic E-state index is 0.141. The summed E-state index contributed by atoms with van der Waals surface area (Å²) >= 11 is 0. The minimum atomic E-state index is -4.40. The smallest absolute Gasteiger partial charge is 0.325 e. The summed E-state index contributed by atoms with van der Waals surface area (Å²) in [5.41, 5.74) is 0.120. The van der Waals surface area contributed by atoms with Gasteiger partial charge in [-0.2, -0.15) is 22.8 Å². The molecule has 0 aliphatic carbocycles. The van der Waals surface area contributed by atoms with Crippen molar-refractivity contribution < 1.29 is 13.2 Å². The highest BCUT2D eigenvalue weighted by Gasteiger charge is 2.33. The first-order chi connectivity index (χ1) is 11.0. The number of rotatable bonds is 2. The predicted molar refractivity (Wildman–Crippen MR) is 78.1 cm³/mol. The number of halogens is 3. The Morgan fingerprint density at radius 1 is 1.30 bits per heavy atom. The summed E-state index contributed by atoms with van der Waals surface area (Å²) in [7, 11) is 1.85. The number of nitrogens with one attached hydrogen (secondary N) is 1. The Morgan fingerprint density at radius 2 is 2.13 bits per heavy atom. The highest BCUT2D eigenvalue weighted by atomic mass is 19.4. The summed E-state index contributed by atoms with van der Waals surface area (Å²) in [5, 5.41) is 7.62. The average Bonchev–Trinajstić information content (AvgIpc) is 2.95. The SMILES string of the molecule is CNC1CCN1c1nc2ccc(C(F)(F)F)cc2c2ncnn12. The number of aromatic nitrogens is 4. The maximum Gasteiger partial charge on any atom is 0.416 e. The molecule has 1 aromatic carbocycles. The molecule has 23 heavy (non-hydrogen) atoms. The normalized spacial score (nSPS) is 18.6. The van der Waals surface area contributed by atoms with Crippen LogP contribution in [-0.2, 0) is 6.18 Å². The van der Waals surface area contributed by atoms with Crippen LogP contribution in [0.1, 0.15) is 12.0 Å². The van der Waals surface area contributed by atoms with Gasteiger partial charge in [-0.1, -0.05) is 0 Å². The molecule has 1 aliphatic rings. The van der Waals surface area contributed by atoms with Crippen molar-refractivity contribution >= 4 is 22.5 Å². The molecule has 3 aromatic rings. The molecule has 1 unspecified atom stereocenters. The first-order valence-corrected chi connectivity index (χ1v) is 7.13. The molecule has 3 heterocycles. The van der Waals surface area contributed by atoms with Crippen molar-refractivity contribution in [3.8, 4) is 0 Å². The van der Waals surface area contributed by atoms with Gasteiger partial charge in [0, 0.05) is 11.9 Å². The molecule has 0 bridgehead atoms. The van der Waals surface area contributed by atoms with E-state index in [-0.39, 0.29) is 6.17 Å². The first kappa shape index (κ1) is 14.2. The van der Waals surface area contributed by atoms with Crippen LogP contribution in [-0.4, -0.2) is 39.3 Å². The maximum absolute atomic E-state index is 12.9. The van der Waals surface area contributed by atoms with Crippen molar-refractivity contribution in [2.24, 2.45) is 0 Å². The Balaban J connectivity index is 1.95. The van der Waals surface area contributed by atoms with Crippen LogP contribution >= 0.6 is 0 Å². The second kappa shape index (κ2) is 4.79. The highest BCUT2D eigenvalue weighted by molar-refractivity contribution is 5.92. The molecular formula is C14H13F3N6. The van der Waals surface area contributed by atoms with Crippen LogP contribution in [0.2, 0.25) is 0 Å². The number of hydrogen-bond acceptors (Lipinski definition) is 5. The molecule has 0 spiro atoms. The Kier molecular flexibility index (Phi) is 2.95. The zero-order valence-electron chi connectivity index (χ0n) is 12.2. The van der Waals surface area contributed by atoms with Crippen LogP contribution in [0.4, 0.5) is 19.1 Å². The molecule has 4 rings (SSSR count). The third-order valence-corrected chi connectivity index (χ3v) is 4.13. The van der Waals surface area contributed by atoms with Gasteiger partial charge in [-0.05, 0) is 31.7 Å². The molecule has 0 radical (unpaired) electrons. The molecule has 1 fully saturated rings. The lowest BCUT2D eigenvalue weighted by atomic mass is 10.1. The van der Waals surface area contributed by atoms with Gasteiger partial charge in [0.2, 0.25) is 5.95 Å². The van der Waals surface area contributed by atoms with Gasteiger partial charge in [0.05, 0.1) is 17.2 Å². The molecule has 6 nitrogen and oxygen atoms in total. The van der Waals surface area contributed by atoms with Crippen LogP contribution in [0.25, 0.3) is 16.6 Å². The lowest BCUT2D eigenvalue weighted by Crippen LogP contribution is -2.56. The standard InChI is InChI=1S/C14H13F3N6/c1-18-11-4-5-22(11)13-21-10-3-2-8(14(15,16)17)6-9(10)12-19-7-20-23(12)13/h2-3,6-7,11,18H,4-5H2,1H3. The van der Waals surface area contributed by atoms with E-state index in [4.69, 9.17) is 0 Å². The molecule has 0 saturated carbocycles. The number of benzene rings is 1. The summed E-state index contributed by atoms with van der Waals surface area (Å²) in [6, 6.07) is 3.49. The number of hydrogen-bond donors (Lipinski definition) is 1. The van der Waals surface area contributed by atoms with Crippen molar-refractivity contribution in [3.05, 3.63) is 30.1 Å². The molecule has 1 aliphatic heterocycles. The molecule has 0 amide bonds. The van der Waals surface area contributed by atoms with Crippen molar-refractivity contribution in [2.45, 2.75) is 18.8 Å². The number of anilines is 1. The quantitative estimate of drug-likeness (QED) is 0.782. The van der Waals surface area contributed by atoms with E-state index in [2.05, 4.69) is 20.4 Å². The van der Waals surface area contributed by atoms with Crippen molar-refractivity contribution in [3.63, 3.8) is 0 Å². The molecular weight excluding hydrogens is 309 g/mol. The maximum atomic E-state index is 12.9. The summed E-state index contributed by atoms with van der Waals surface area (Å²) in [5.74, 6) is 0.579. The Bertz CT molecular complexity index is 885. The third-order valence-electron chi connectivity index (χ3n) is 4.13. The summed E-state index contributed by atoms with van der Waals surface area (Å²) < 4.78 is 40.3. The van der Waals surface area contributed by atoms with E-state index in [1.54, 1.807) is 0 Å². The van der Waals surface area contributed by atoms with Gasteiger partial charge in [-0.25, -0.2) is 9.97 Å². The molecule has 2 aromatic heterocycles. The van der Waals surface area contributed by atoms with Gasteiger partial charge in [0.1, 0.15) is 6.33 Å². The van der Waals surface area contributed by atoms with E-state index in [1.165, 1.54) is 16.9 Å². The van der Waals surface area contributed by atoms with E-state index < -0.39 is 11.7 Å². The molecule has 1 N–H and O–H groups in total. The lowest BCUT2D eigenvalue weighted by molar-refractivity contribution is -0.137. The van der Waals surface area contributed by atoms with E-state index in [1.807, 2.05) is 11.9 Å². The van der Waals surface area contributed by atoms with Crippen LogP contribution in [0.3, 0.4) is 0 Å². The Hall–Kier alpha value is -2.42. The van der Waals surface area contributed by atoms with Crippen LogP contribution < -0.4 is 10.2 Å². The molecule has 1 saturated heterocycles. The van der Waals surface area contributed by atoms with Gasteiger partial charge in [-0.15, -0.1) is 0 Å². The van der Waals surface area contributed by atoms with E-state index in [0.717, 1.165) is 25.1 Å². The summed E-state index contributed by atoms with van der Waals surface area (Å²) in [6.45, 7) is 0.805. The van der Waals surface area contributed by atoms with Crippen LogP contribution in [0, 0.1) is 0 Å². The Morgan fingerprint density at radius 3 is 2.78 bits per heavy atom. The van der Waals surface area contributed by atoms with Crippen molar-refractivity contribution in [1.82, 2.24) is 24.9 Å². The van der Waals surface area contributed by atoms with Crippen LogP contribution in [0.15, 0.2) is 24.5 Å². The predicted octanol–water partition coefficient (Wildman–Crippen LogP) is 2.05. The molecule has 120 valence electrons. The average molecular weight is 322 g/mol. The van der Waals surface area contributed by atoms with E-state index >= 15 is 0 Å². The van der Waals surface area contributed by atoms with Crippen LogP contribution in [0.5, 0.6) is 0 Å². The summed E-state index contributed by atoms with van der Waals surface area (Å²) in [6.07, 6.45) is -1.96. The zero-order valence-corrected chi connectivity index (χ0v) is 12.2. The van der Waals surface area contributed by atoms with Gasteiger partial charge >= 0.3 is 6.18 Å². The summed E-state index contributed by atoms with van der Waals surface area (Å²) in [4.78, 5) is 10.6. The fourth-order valence-corrected chi connectivity index (χ4v) is 2.83. The van der Waals surface area contributed by atoms with E-state index in [0.29, 0.717) is 22.5 Å².